The van der Waals surface area contributed by atoms with Crippen LogP contribution in [0.2, 0.25) is 0 Å². The second kappa shape index (κ2) is 20.9. The standard InChI is InChI=1S/C57H84O19S/c1-11-12-29(2)13-16-53(6,60)52-31(4)21-41-40(71-52)27-48-57(10,74-41)51(59)50-44(70-48)25-43-49(72-50)30(3)14-17-55(8)46(69-43)28-45-56(9,76-55)18-15-33-34(68-45)22-36-35(65-33)23-37-38(66-36)24-42-39(67-37)26-47(75-77(61,62)63)54(7,73-42)19-20-64-32(5)58/h11,13,16,30,33-52,59-60H,1-2,4,12,14-15,17-28H2,3,5-10H3,(H,61,62,63)/b16-13+/t30-,33-,34+,35+,36-,37-,38+,39+,40+,41-,42-,43-,44+,45-,46+,47-,48-,49+,50+,51+,52-,53+,54+,55-,56+,57+/m0/s1. The van der Waals surface area contributed by atoms with Gasteiger partial charge in [-0.1, -0.05) is 43.9 Å². The molecule has 3 N–H and O–H groups in total. The molecule has 20 heteroatoms. The number of aliphatic hydroxyl groups excluding tert-OH is 1. The van der Waals surface area contributed by atoms with Gasteiger partial charge in [0, 0.05) is 58.3 Å². The first-order valence-corrected chi connectivity index (χ1v) is 29.8. The number of hydrogen-bond donors (Lipinski definition) is 3. The van der Waals surface area contributed by atoms with Crippen molar-refractivity contribution in [2.45, 2.75) is 288 Å². The SMILES string of the molecule is C=CCC(=C)/C=C/[C@@](C)(O)[C@H]1O[C@@H]2C[C@@H]3O[C@@H]4C[C@@H]5O[C@@H]6C[C@@H]7O[C@@H]8C[C@@H]9O[C@@H]%10C[C@@H]%11O[C@](C)(CCOC(C)=O)[C@@H](OS(=O)(=O)O)C[C@H]%11O[C@H]%10C[C@H]9O[C@H]8CC[C@@]7(C)O[C@@]6(C)CC[C@H](C)[C@H]5O[C@H]4[C@@H](O)[C@]3(C)O[C@H]2CC1=C. The highest BCUT2D eigenvalue weighted by Gasteiger charge is 2.65. The van der Waals surface area contributed by atoms with Crippen molar-refractivity contribution >= 4 is 16.4 Å². The van der Waals surface area contributed by atoms with Gasteiger partial charge in [-0.3, -0.25) is 9.35 Å². The van der Waals surface area contributed by atoms with E-state index in [0.717, 1.165) is 31.3 Å². The zero-order valence-corrected chi connectivity index (χ0v) is 46.7. The Kier molecular flexibility index (Phi) is 15.4. The Hall–Kier alpha value is -2.22. The third kappa shape index (κ3) is 10.9. The molecule has 77 heavy (non-hydrogen) atoms. The Balaban J connectivity index is 0.749. The number of carbonyl (C=O) groups is 1. The lowest BCUT2D eigenvalue weighted by Gasteiger charge is -2.61. The Morgan fingerprint density at radius 1 is 0.740 bits per heavy atom. The lowest BCUT2D eigenvalue weighted by Crippen LogP contribution is -2.74. The molecule has 0 unspecified atom stereocenters. The van der Waals surface area contributed by atoms with Crippen molar-refractivity contribution in [1.82, 2.24) is 0 Å². The van der Waals surface area contributed by atoms with Crippen LogP contribution in [0, 0.1) is 5.92 Å². The summed E-state index contributed by atoms with van der Waals surface area (Å²) in [6.45, 7) is 25.3. The predicted molar refractivity (Wildman–Crippen MR) is 275 cm³/mol. The van der Waals surface area contributed by atoms with Crippen LogP contribution in [0.3, 0.4) is 0 Å². The third-order valence-electron chi connectivity index (χ3n) is 19.7. The molecule has 0 bridgehead atoms. The van der Waals surface area contributed by atoms with Crippen LogP contribution >= 0.6 is 0 Å². The van der Waals surface area contributed by atoms with E-state index in [1.165, 1.54) is 6.92 Å². The van der Waals surface area contributed by atoms with Crippen molar-refractivity contribution < 1.29 is 89.0 Å². The fourth-order valence-corrected chi connectivity index (χ4v) is 15.9. The van der Waals surface area contributed by atoms with Crippen molar-refractivity contribution in [2.75, 3.05) is 6.61 Å². The summed E-state index contributed by atoms with van der Waals surface area (Å²) in [7, 11) is -4.83. The first-order chi connectivity index (χ1) is 36.2. The van der Waals surface area contributed by atoms with Crippen molar-refractivity contribution in [3.63, 3.8) is 0 Å². The van der Waals surface area contributed by atoms with Crippen LogP contribution in [0.15, 0.2) is 49.1 Å². The van der Waals surface area contributed by atoms with Gasteiger partial charge in [-0.2, -0.15) is 8.42 Å². The fourth-order valence-electron chi connectivity index (χ4n) is 15.3. The van der Waals surface area contributed by atoms with E-state index >= 15 is 0 Å². The van der Waals surface area contributed by atoms with Crippen molar-refractivity contribution in [3.05, 3.63) is 49.1 Å². The summed E-state index contributed by atoms with van der Waals surface area (Å²) in [5.41, 5.74) is -3.37. The molecule has 432 valence electrons. The number of aliphatic hydroxyl groups is 2. The summed E-state index contributed by atoms with van der Waals surface area (Å²) in [5, 5.41) is 24.0. The summed E-state index contributed by atoms with van der Waals surface area (Å²) < 4.78 is 120. The zero-order valence-electron chi connectivity index (χ0n) is 45.9. The van der Waals surface area contributed by atoms with Crippen molar-refractivity contribution in [1.29, 1.82) is 0 Å². The van der Waals surface area contributed by atoms with Crippen molar-refractivity contribution in [2.24, 2.45) is 5.92 Å². The van der Waals surface area contributed by atoms with Gasteiger partial charge in [-0.25, -0.2) is 4.18 Å². The van der Waals surface area contributed by atoms with Crippen LogP contribution in [0.1, 0.15) is 138 Å². The molecule has 0 spiro atoms. The van der Waals surface area contributed by atoms with Crippen LogP contribution in [-0.2, 0) is 76.2 Å². The highest BCUT2D eigenvalue weighted by molar-refractivity contribution is 7.80. The first-order valence-electron chi connectivity index (χ1n) is 28.4. The minimum absolute atomic E-state index is 0.0260. The predicted octanol–water partition coefficient (Wildman–Crippen LogP) is 5.80. The summed E-state index contributed by atoms with van der Waals surface area (Å²) in [5.74, 6) is -0.394. The molecule has 0 radical (unpaired) electrons. The molecule has 19 nitrogen and oxygen atoms in total. The van der Waals surface area contributed by atoms with E-state index in [9.17, 15) is 28.0 Å². The van der Waals surface area contributed by atoms with Crippen LogP contribution in [0.4, 0.5) is 0 Å². The maximum atomic E-state index is 12.3. The van der Waals surface area contributed by atoms with Crippen LogP contribution < -0.4 is 0 Å². The molecule has 0 aromatic carbocycles. The number of fused-ring (bicyclic) bond motifs is 10. The summed E-state index contributed by atoms with van der Waals surface area (Å²) in [4.78, 5) is 11.6. The molecule has 11 aliphatic heterocycles. The summed E-state index contributed by atoms with van der Waals surface area (Å²) >= 11 is 0. The van der Waals surface area contributed by atoms with Gasteiger partial charge in [0.15, 0.2) is 0 Å². The second-order valence-electron chi connectivity index (χ2n) is 25.6. The molecule has 11 fully saturated rings. The van der Waals surface area contributed by atoms with E-state index in [0.29, 0.717) is 56.9 Å². The molecule has 0 aromatic heterocycles. The molecule has 11 aliphatic rings. The number of ether oxygens (including phenoxy) is 12. The van der Waals surface area contributed by atoms with E-state index in [1.807, 2.05) is 6.92 Å². The van der Waals surface area contributed by atoms with E-state index in [4.69, 9.17) is 61.0 Å². The van der Waals surface area contributed by atoms with Gasteiger partial charge < -0.3 is 67.1 Å². The molecule has 0 aromatic rings. The van der Waals surface area contributed by atoms with E-state index < -0.39 is 105 Å². The van der Waals surface area contributed by atoms with Gasteiger partial charge in [-0.15, -0.1) is 6.58 Å². The summed E-state index contributed by atoms with van der Waals surface area (Å²) in [6.07, 6.45) is 3.63. The average molecular weight is 1110 g/mol. The molecule has 11 heterocycles. The molecule has 0 saturated carbocycles. The average Bonchev–Trinajstić information content (AvgIpc) is 3.49. The van der Waals surface area contributed by atoms with Gasteiger partial charge in [0.05, 0.1) is 121 Å². The lowest BCUT2D eigenvalue weighted by molar-refractivity contribution is -0.369. The highest BCUT2D eigenvalue weighted by atomic mass is 32.3. The Labute approximate surface area is 453 Å². The monoisotopic (exact) mass is 1100 g/mol. The second-order valence-corrected chi connectivity index (χ2v) is 26.7. The number of esters is 1. The smallest absolute Gasteiger partial charge is 0.397 e. The molecule has 0 amide bonds. The highest BCUT2D eigenvalue weighted by Crippen LogP contribution is 2.54. The Morgan fingerprint density at radius 2 is 1.31 bits per heavy atom. The van der Waals surface area contributed by atoms with Crippen LogP contribution in [-0.4, -0.2) is 186 Å². The van der Waals surface area contributed by atoms with Crippen molar-refractivity contribution in [3.8, 4) is 0 Å². The number of hydrogen-bond acceptors (Lipinski definition) is 18. The molecular formula is C57H84O19S. The molecule has 0 aliphatic carbocycles. The normalized spacial score (nSPS) is 51.2. The number of carbonyl (C=O) groups excluding carboxylic acids is 1. The molecular weight excluding hydrogens is 1020 g/mol. The van der Waals surface area contributed by atoms with Gasteiger partial charge in [0.2, 0.25) is 0 Å². The molecule has 11 saturated heterocycles. The van der Waals surface area contributed by atoms with Gasteiger partial charge in [0.25, 0.3) is 0 Å². The zero-order chi connectivity index (χ0) is 54.8. The van der Waals surface area contributed by atoms with Gasteiger partial charge >= 0.3 is 16.4 Å². The lowest BCUT2D eigenvalue weighted by atomic mass is 9.73. The van der Waals surface area contributed by atoms with Crippen LogP contribution in [0.25, 0.3) is 0 Å². The third-order valence-corrected chi connectivity index (χ3v) is 20.2. The number of allylic oxidation sites excluding steroid dienone is 3. The molecule has 26 atom stereocenters. The Bertz CT molecular complexity index is 2400. The van der Waals surface area contributed by atoms with Crippen LogP contribution in [0.5, 0.6) is 0 Å². The van der Waals surface area contributed by atoms with Gasteiger partial charge in [0.1, 0.15) is 35.6 Å². The minimum Gasteiger partial charge on any atom is -0.466 e. The van der Waals surface area contributed by atoms with E-state index in [-0.39, 0.29) is 86.4 Å². The van der Waals surface area contributed by atoms with Gasteiger partial charge in [-0.05, 0) is 84.6 Å². The van der Waals surface area contributed by atoms with E-state index in [1.54, 1.807) is 32.1 Å². The maximum absolute atomic E-state index is 12.3. The quantitative estimate of drug-likeness (QED) is 0.101. The largest absolute Gasteiger partial charge is 0.466 e. The number of rotatable bonds is 10. The fraction of sp³-hybridized carbons (Fsp3) is 0.842. The topological polar surface area (TPSA) is 232 Å². The minimum atomic E-state index is -4.83. The Morgan fingerprint density at radius 3 is 1.97 bits per heavy atom. The van der Waals surface area contributed by atoms with E-state index in [2.05, 4.69) is 40.5 Å². The maximum Gasteiger partial charge on any atom is 0.397 e. The molecule has 11 rings (SSSR count). The summed E-state index contributed by atoms with van der Waals surface area (Å²) in [6, 6.07) is 0. The first kappa shape index (κ1) is 56.6.